The maximum absolute atomic E-state index is 10.8. The van der Waals surface area contributed by atoms with Crippen molar-refractivity contribution in [2.45, 2.75) is 18.9 Å². The van der Waals surface area contributed by atoms with Crippen LogP contribution in [0.2, 0.25) is 0 Å². The van der Waals surface area contributed by atoms with Gasteiger partial charge in [-0.3, -0.25) is 4.79 Å². The topological polar surface area (TPSA) is 40.5 Å². The number of β-amino-alcohol motifs (C(OH)–C–C–N with tert-alkyl or cyclic N) is 1. The fourth-order valence-corrected chi connectivity index (χ4v) is 1.12. The number of rotatable bonds is 0. The minimum Gasteiger partial charge on any atom is -0.388 e. The molecule has 0 bridgehead atoms. The second kappa shape index (κ2) is 1.70. The third kappa shape index (κ3) is 1.21. The zero-order valence-electron chi connectivity index (χ0n) is 5.72. The van der Waals surface area contributed by atoms with Gasteiger partial charge in [0.05, 0.1) is 12.0 Å². The van der Waals surface area contributed by atoms with Crippen molar-refractivity contribution in [2.75, 3.05) is 13.6 Å². The largest absolute Gasteiger partial charge is 0.388 e. The lowest BCUT2D eigenvalue weighted by molar-refractivity contribution is -0.126. The van der Waals surface area contributed by atoms with Crippen LogP contribution >= 0.6 is 0 Å². The summed E-state index contributed by atoms with van der Waals surface area (Å²) >= 11 is 0. The zero-order chi connectivity index (χ0) is 7.07. The standard InChI is InChI=1S/C6H11NO2/c1-6(9)3-5(8)7(2)4-6/h9H,3-4H2,1-2H3. The fraction of sp³-hybridized carbons (Fsp3) is 0.833. The van der Waals surface area contributed by atoms with Crippen LogP contribution in [0.15, 0.2) is 0 Å². The molecule has 52 valence electrons. The van der Waals surface area contributed by atoms with Crippen molar-refractivity contribution in [2.24, 2.45) is 0 Å². The highest BCUT2D eigenvalue weighted by atomic mass is 16.3. The SMILES string of the molecule is CN1CC(C)(O)CC1=O. The lowest BCUT2D eigenvalue weighted by Gasteiger charge is -2.13. The second-order valence-corrected chi connectivity index (χ2v) is 2.92. The Labute approximate surface area is 54.3 Å². The van der Waals surface area contributed by atoms with Gasteiger partial charge in [0.1, 0.15) is 0 Å². The predicted octanol–water partition coefficient (Wildman–Crippen LogP) is -0.401. The molecule has 9 heavy (non-hydrogen) atoms. The van der Waals surface area contributed by atoms with Gasteiger partial charge in [-0.15, -0.1) is 0 Å². The molecule has 1 heterocycles. The predicted molar refractivity (Wildman–Crippen MR) is 32.9 cm³/mol. The van der Waals surface area contributed by atoms with E-state index in [1.165, 1.54) is 0 Å². The third-order valence-corrected chi connectivity index (χ3v) is 1.54. The van der Waals surface area contributed by atoms with Crippen LogP contribution in [0.4, 0.5) is 0 Å². The molecule has 0 radical (unpaired) electrons. The Morgan fingerprint density at radius 1 is 1.78 bits per heavy atom. The molecular formula is C6H11NO2. The number of amides is 1. The molecular weight excluding hydrogens is 118 g/mol. The lowest BCUT2D eigenvalue weighted by atomic mass is 10.1. The Bertz CT molecular complexity index is 142. The minimum atomic E-state index is -0.786. The van der Waals surface area contributed by atoms with Crippen LogP contribution in [0.5, 0.6) is 0 Å². The minimum absolute atomic E-state index is 0.0278. The monoisotopic (exact) mass is 129 g/mol. The molecule has 1 aliphatic heterocycles. The van der Waals surface area contributed by atoms with E-state index in [2.05, 4.69) is 0 Å². The van der Waals surface area contributed by atoms with Crippen LogP contribution in [-0.4, -0.2) is 35.1 Å². The summed E-state index contributed by atoms with van der Waals surface area (Å²) in [6, 6.07) is 0. The molecule has 1 rings (SSSR count). The first kappa shape index (κ1) is 6.55. The average Bonchev–Trinajstić information content (AvgIpc) is 1.79. The van der Waals surface area contributed by atoms with Gasteiger partial charge in [-0.25, -0.2) is 0 Å². The van der Waals surface area contributed by atoms with Crippen LogP contribution in [-0.2, 0) is 4.79 Å². The molecule has 1 fully saturated rings. The molecule has 0 aromatic rings. The van der Waals surface area contributed by atoms with Gasteiger partial charge >= 0.3 is 0 Å². The summed E-state index contributed by atoms with van der Waals surface area (Å²) in [6.45, 7) is 2.14. The zero-order valence-corrected chi connectivity index (χ0v) is 5.72. The number of carbonyl (C=O) groups excluding carboxylic acids is 1. The number of aliphatic hydroxyl groups is 1. The van der Waals surface area contributed by atoms with E-state index in [-0.39, 0.29) is 12.3 Å². The number of nitrogens with zero attached hydrogens (tertiary/aromatic N) is 1. The molecule has 3 nitrogen and oxygen atoms in total. The number of hydrogen-bond donors (Lipinski definition) is 1. The van der Waals surface area contributed by atoms with Crippen LogP contribution in [0.25, 0.3) is 0 Å². The second-order valence-electron chi connectivity index (χ2n) is 2.92. The molecule has 1 amide bonds. The van der Waals surface area contributed by atoms with Gasteiger partial charge in [-0.1, -0.05) is 0 Å². The van der Waals surface area contributed by atoms with E-state index < -0.39 is 5.60 Å². The normalized spacial score (nSPS) is 35.9. The molecule has 1 unspecified atom stereocenters. The van der Waals surface area contributed by atoms with Crippen LogP contribution in [0.1, 0.15) is 13.3 Å². The average molecular weight is 129 g/mol. The Morgan fingerprint density at radius 2 is 2.33 bits per heavy atom. The first-order valence-electron chi connectivity index (χ1n) is 2.98. The van der Waals surface area contributed by atoms with Crippen molar-refractivity contribution >= 4 is 5.91 Å². The van der Waals surface area contributed by atoms with Gasteiger partial charge in [-0.2, -0.15) is 0 Å². The van der Waals surface area contributed by atoms with E-state index >= 15 is 0 Å². The fourth-order valence-electron chi connectivity index (χ4n) is 1.12. The molecule has 0 aromatic heterocycles. The highest BCUT2D eigenvalue weighted by Gasteiger charge is 2.35. The van der Waals surface area contributed by atoms with Gasteiger partial charge < -0.3 is 10.0 Å². The quantitative estimate of drug-likeness (QED) is 0.483. The van der Waals surface area contributed by atoms with E-state index in [1.807, 2.05) is 0 Å². The maximum Gasteiger partial charge on any atom is 0.225 e. The van der Waals surface area contributed by atoms with Crippen molar-refractivity contribution in [3.05, 3.63) is 0 Å². The number of likely N-dealkylation sites (N-methyl/N-ethyl adjacent to an activating group) is 1. The summed E-state index contributed by atoms with van der Waals surface area (Å²) in [6.07, 6.45) is 0.267. The molecule has 1 N–H and O–H groups in total. The van der Waals surface area contributed by atoms with Crippen molar-refractivity contribution in [1.29, 1.82) is 0 Å². The van der Waals surface area contributed by atoms with E-state index in [0.29, 0.717) is 6.54 Å². The summed E-state index contributed by atoms with van der Waals surface area (Å²) in [5.41, 5.74) is -0.786. The van der Waals surface area contributed by atoms with E-state index in [0.717, 1.165) is 0 Å². The highest BCUT2D eigenvalue weighted by Crippen LogP contribution is 2.19. The Balaban J connectivity index is 2.65. The van der Waals surface area contributed by atoms with Crippen molar-refractivity contribution in [3.8, 4) is 0 Å². The van der Waals surface area contributed by atoms with Crippen LogP contribution in [0, 0.1) is 0 Å². The van der Waals surface area contributed by atoms with Crippen molar-refractivity contribution in [3.63, 3.8) is 0 Å². The number of hydrogen-bond acceptors (Lipinski definition) is 2. The van der Waals surface area contributed by atoms with Crippen LogP contribution < -0.4 is 0 Å². The van der Waals surface area contributed by atoms with Crippen molar-refractivity contribution < 1.29 is 9.90 Å². The van der Waals surface area contributed by atoms with Crippen molar-refractivity contribution in [1.82, 2.24) is 4.90 Å². The molecule has 0 aliphatic carbocycles. The molecule has 1 atom stereocenters. The van der Waals surface area contributed by atoms with Gasteiger partial charge in [0.2, 0.25) is 5.91 Å². The van der Waals surface area contributed by atoms with E-state index in [4.69, 9.17) is 0 Å². The van der Waals surface area contributed by atoms with Gasteiger partial charge in [0.25, 0.3) is 0 Å². The first-order chi connectivity index (χ1) is 4.01. The molecule has 3 heteroatoms. The maximum atomic E-state index is 10.8. The van der Waals surface area contributed by atoms with E-state index in [1.54, 1.807) is 18.9 Å². The molecule has 0 saturated carbocycles. The smallest absolute Gasteiger partial charge is 0.225 e. The molecule has 0 spiro atoms. The lowest BCUT2D eigenvalue weighted by Crippen LogP contribution is -2.27. The Kier molecular flexibility index (Phi) is 1.24. The summed E-state index contributed by atoms with van der Waals surface area (Å²) in [4.78, 5) is 12.3. The summed E-state index contributed by atoms with van der Waals surface area (Å²) in [7, 11) is 1.70. The summed E-state index contributed by atoms with van der Waals surface area (Å²) < 4.78 is 0. The summed E-state index contributed by atoms with van der Waals surface area (Å²) in [5, 5.41) is 9.27. The van der Waals surface area contributed by atoms with Crippen LogP contribution in [0.3, 0.4) is 0 Å². The van der Waals surface area contributed by atoms with Gasteiger partial charge in [0.15, 0.2) is 0 Å². The third-order valence-electron chi connectivity index (χ3n) is 1.54. The molecule has 0 aromatic carbocycles. The number of carbonyl (C=O) groups is 1. The molecule has 1 aliphatic rings. The van der Waals surface area contributed by atoms with Gasteiger partial charge in [0, 0.05) is 13.6 Å². The van der Waals surface area contributed by atoms with E-state index in [9.17, 15) is 9.90 Å². The number of likely N-dealkylation sites (tertiary alicyclic amines) is 1. The molecule has 1 saturated heterocycles. The summed E-state index contributed by atoms with van der Waals surface area (Å²) in [5.74, 6) is 0.0278. The van der Waals surface area contributed by atoms with Gasteiger partial charge in [-0.05, 0) is 6.92 Å². The highest BCUT2D eigenvalue weighted by molar-refractivity contribution is 5.79. The first-order valence-corrected chi connectivity index (χ1v) is 2.98. The Morgan fingerprint density at radius 3 is 2.44 bits per heavy atom. The Hall–Kier alpha value is -0.570.